The van der Waals surface area contributed by atoms with E-state index in [1.54, 1.807) is 4.90 Å². The largest absolute Gasteiger partial charge is 0.455 e. The number of fused-ring (bicyclic) bond motifs is 5. The van der Waals surface area contributed by atoms with Crippen LogP contribution in [0.2, 0.25) is 0 Å². The summed E-state index contributed by atoms with van der Waals surface area (Å²) in [6.45, 7) is 0. The summed E-state index contributed by atoms with van der Waals surface area (Å²) in [5, 5.41) is 4.15. The van der Waals surface area contributed by atoms with Crippen molar-refractivity contribution in [3.63, 3.8) is 0 Å². The van der Waals surface area contributed by atoms with Crippen molar-refractivity contribution in [2.24, 2.45) is 0 Å². The summed E-state index contributed by atoms with van der Waals surface area (Å²) >= 11 is 0. The predicted octanol–water partition coefficient (Wildman–Crippen LogP) is 11.5. The lowest BCUT2D eigenvalue weighted by Crippen LogP contribution is -2.11. The molecule has 0 saturated carbocycles. The molecule has 0 aliphatic carbocycles. The van der Waals surface area contributed by atoms with Crippen molar-refractivity contribution < 1.29 is 11.3 Å². The van der Waals surface area contributed by atoms with Crippen molar-refractivity contribution >= 4 is 49.8 Å². The van der Waals surface area contributed by atoms with Gasteiger partial charge in [-0.25, -0.2) is 0 Å². The first-order valence-electron chi connectivity index (χ1n) is 16.4. The molecule has 1 heterocycles. The van der Waals surface area contributed by atoms with Crippen molar-refractivity contribution in [3.8, 4) is 22.3 Å². The lowest BCUT2D eigenvalue weighted by Gasteiger charge is -2.28. The normalized spacial score (nSPS) is 13.0. The number of benzene rings is 7. The standard InChI is InChI=1S/C40H27NO/c1-3-13-28(14-4-1)33-20-9-10-23-37(33)41(31-17-5-2-6-18-31)32-19-11-16-30(27-32)34-22-12-24-38-39(34)36-26-25-29-15-7-8-21-35(29)40(36)42-38/h1-27H/i2D,5D,6D,17D,18D. The van der Waals surface area contributed by atoms with Crippen molar-refractivity contribution in [1.82, 2.24) is 0 Å². The average Bonchev–Trinajstić information content (AvgIpc) is 3.52. The van der Waals surface area contributed by atoms with Crippen LogP contribution in [-0.2, 0) is 0 Å². The molecule has 8 rings (SSSR count). The number of furan rings is 1. The van der Waals surface area contributed by atoms with Crippen LogP contribution >= 0.6 is 0 Å². The highest BCUT2D eigenvalue weighted by atomic mass is 16.3. The van der Waals surface area contributed by atoms with Crippen molar-refractivity contribution in [2.45, 2.75) is 0 Å². The van der Waals surface area contributed by atoms with Gasteiger partial charge in [-0.05, 0) is 64.5 Å². The molecule has 0 bridgehead atoms. The summed E-state index contributed by atoms with van der Waals surface area (Å²) < 4.78 is 49.7. The van der Waals surface area contributed by atoms with Gasteiger partial charge in [0.25, 0.3) is 0 Å². The van der Waals surface area contributed by atoms with Crippen LogP contribution in [0.1, 0.15) is 6.85 Å². The first kappa shape index (κ1) is 19.5. The van der Waals surface area contributed by atoms with Crippen LogP contribution in [0.4, 0.5) is 17.1 Å². The Morgan fingerprint density at radius 3 is 2.17 bits per heavy atom. The molecule has 0 aliphatic heterocycles. The molecule has 0 radical (unpaired) electrons. The monoisotopic (exact) mass is 542 g/mol. The van der Waals surface area contributed by atoms with Gasteiger partial charge >= 0.3 is 0 Å². The SMILES string of the molecule is [2H]c1c([2H])c([2H])c(N(c2cccc(-c3cccc4oc5c6ccccc6ccc5c34)c2)c2ccccc2-c2ccccc2)c([2H])c1[2H]. The highest BCUT2D eigenvalue weighted by Crippen LogP contribution is 2.43. The van der Waals surface area contributed by atoms with Gasteiger partial charge in [0.15, 0.2) is 0 Å². The number of hydrogen-bond donors (Lipinski definition) is 0. The smallest absolute Gasteiger partial charge is 0.143 e. The molecule has 198 valence electrons. The highest BCUT2D eigenvalue weighted by Gasteiger charge is 2.19. The van der Waals surface area contributed by atoms with Crippen LogP contribution in [0.3, 0.4) is 0 Å². The quantitative estimate of drug-likeness (QED) is 0.215. The number of rotatable bonds is 5. The molecular weight excluding hydrogens is 510 g/mol. The van der Waals surface area contributed by atoms with Gasteiger partial charge in [-0.2, -0.15) is 0 Å². The molecule has 42 heavy (non-hydrogen) atoms. The van der Waals surface area contributed by atoms with Gasteiger partial charge in [-0.3, -0.25) is 0 Å². The summed E-state index contributed by atoms with van der Waals surface area (Å²) in [6, 6.07) is 42.2. The summed E-state index contributed by atoms with van der Waals surface area (Å²) in [5.74, 6) is 0. The maximum Gasteiger partial charge on any atom is 0.143 e. The van der Waals surface area contributed by atoms with E-state index in [1.807, 2.05) is 103 Å². The maximum absolute atomic E-state index is 8.97. The van der Waals surface area contributed by atoms with Gasteiger partial charge in [0.1, 0.15) is 11.2 Å². The van der Waals surface area contributed by atoms with Crippen LogP contribution in [0, 0.1) is 0 Å². The summed E-state index contributed by atoms with van der Waals surface area (Å²) in [5.41, 5.74) is 6.70. The average molecular weight is 543 g/mol. The zero-order valence-corrected chi connectivity index (χ0v) is 22.6. The second-order valence-corrected chi connectivity index (χ2v) is 10.2. The molecule has 2 nitrogen and oxygen atoms in total. The van der Waals surface area contributed by atoms with E-state index in [1.165, 1.54) is 0 Å². The zero-order valence-electron chi connectivity index (χ0n) is 27.6. The highest BCUT2D eigenvalue weighted by molar-refractivity contribution is 6.19. The number of anilines is 3. The topological polar surface area (TPSA) is 16.4 Å². The number of para-hydroxylation sites is 2. The molecule has 0 saturated heterocycles. The second-order valence-electron chi connectivity index (χ2n) is 10.2. The lowest BCUT2D eigenvalue weighted by molar-refractivity contribution is 0.673. The minimum absolute atomic E-state index is 0.0787. The Balaban J connectivity index is 1.40. The van der Waals surface area contributed by atoms with E-state index in [4.69, 9.17) is 11.3 Å². The Bertz CT molecular complexity index is 2460. The molecule has 2 heteroatoms. The molecule has 0 aliphatic rings. The summed E-state index contributed by atoms with van der Waals surface area (Å²) in [6.07, 6.45) is 0. The van der Waals surface area contributed by atoms with E-state index in [-0.39, 0.29) is 29.9 Å². The minimum atomic E-state index is -0.431. The van der Waals surface area contributed by atoms with Crippen LogP contribution in [-0.4, -0.2) is 0 Å². The first-order valence-corrected chi connectivity index (χ1v) is 13.9. The second kappa shape index (κ2) is 10.1. The summed E-state index contributed by atoms with van der Waals surface area (Å²) in [4.78, 5) is 1.78. The molecule has 0 unspecified atom stereocenters. The van der Waals surface area contributed by atoms with E-state index >= 15 is 0 Å². The zero-order chi connectivity index (χ0) is 32.2. The fourth-order valence-corrected chi connectivity index (χ4v) is 5.88. The van der Waals surface area contributed by atoms with E-state index in [9.17, 15) is 0 Å². The molecular formula is C40H27NO. The third-order valence-corrected chi connectivity index (χ3v) is 7.74. The van der Waals surface area contributed by atoms with Crippen molar-refractivity contribution in [3.05, 3.63) is 164 Å². The van der Waals surface area contributed by atoms with E-state index in [0.717, 1.165) is 55.0 Å². The molecule has 7 aromatic carbocycles. The first-order chi connectivity index (χ1) is 22.9. The third-order valence-electron chi connectivity index (χ3n) is 7.74. The summed E-state index contributed by atoms with van der Waals surface area (Å²) in [7, 11) is 0. The van der Waals surface area contributed by atoms with Crippen LogP contribution in [0.5, 0.6) is 0 Å². The Kier molecular flexibility index (Phi) is 4.68. The maximum atomic E-state index is 8.97. The Morgan fingerprint density at radius 1 is 0.524 bits per heavy atom. The molecule has 0 amide bonds. The van der Waals surface area contributed by atoms with Gasteiger partial charge in [0.05, 0.1) is 12.5 Å². The molecule has 0 fully saturated rings. The fraction of sp³-hybridized carbons (Fsp3) is 0. The van der Waals surface area contributed by atoms with Gasteiger partial charge in [-0.15, -0.1) is 0 Å². The lowest BCUT2D eigenvalue weighted by atomic mass is 9.97. The van der Waals surface area contributed by atoms with Crippen LogP contribution in [0.25, 0.3) is 55.0 Å². The fourth-order valence-electron chi connectivity index (χ4n) is 5.88. The van der Waals surface area contributed by atoms with E-state index < -0.39 is 6.04 Å². The Morgan fingerprint density at radius 2 is 1.26 bits per heavy atom. The molecule has 0 atom stereocenters. The van der Waals surface area contributed by atoms with Crippen LogP contribution < -0.4 is 4.90 Å². The van der Waals surface area contributed by atoms with E-state index in [0.29, 0.717) is 11.4 Å². The number of nitrogens with zero attached hydrogens (tertiary/aromatic N) is 1. The molecule has 0 spiro atoms. The Labute approximate surface area is 251 Å². The van der Waals surface area contributed by atoms with Crippen LogP contribution in [0.15, 0.2) is 168 Å². The van der Waals surface area contributed by atoms with Gasteiger partial charge in [-0.1, -0.05) is 121 Å². The van der Waals surface area contributed by atoms with Crippen molar-refractivity contribution in [1.29, 1.82) is 0 Å². The predicted molar refractivity (Wildman–Crippen MR) is 177 cm³/mol. The Hall–Kier alpha value is -5.60. The minimum Gasteiger partial charge on any atom is -0.455 e. The molecule has 8 aromatic rings. The van der Waals surface area contributed by atoms with Gasteiger partial charge in [0.2, 0.25) is 0 Å². The molecule has 0 N–H and O–H groups in total. The van der Waals surface area contributed by atoms with E-state index in [2.05, 4.69) is 30.3 Å². The number of hydrogen-bond acceptors (Lipinski definition) is 2. The third kappa shape index (κ3) is 4.05. The molecule has 1 aromatic heterocycles. The van der Waals surface area contributed by atoms with Gasteiger partial charge < -0.3 is 9.32 Å². The van der Waals surface area contributed by atoms with Gasteiger partial charge in [0, 0.05) is 33.1 Å². The van der Waals surface area contributed by atoms with Crippen molar-refractivity contribution in [2.75, 3.05) is 4.90 Å².